The summed E-state index contributed by atoms with van der Waals surface area (Å²) >= 11 is 0. The molecule has 0 spiro atoms. The molecule has 4 unspecified atom stereocenters. The summed E-state index contributed by atoms with van der Waals surface area (Å²) in [5.41, 5.74) is 0. The van der Waals surface area contributed by atoms with E-state index in [0.29, 0.717) is 11.8 Å². The summed E-state index contributed by atoms with van der Waals surface area (Å²) in [4.78, 5) is 11.0. The Hall–Kier alpha value is -0.830. The highest BCUT2D eigenvalue weighted by Crippen LogP contribution is 2.36. The Bertz CT molecular complexity index is 309. The van der Waals surface area contributed by atoms with E-state index >= 15 is 0 Å². The molecule has 1 saturated carbocycles. The van der Waals surface area contributed by atoms with Gasteiger partial charge < -0.3 is 9.47 Å². The van der Waals surface area contributed by atoms with Crippen molar-refractivity contribution < 1.29 is 14.3 Å². The standard InChI is InChI=1S/C14H22O3/c1-9(2)11-8-10(3)4-5-12(11)16-14-7-6-13(15)17-14/h6-7,9-12,14H,4-5,8H2,1-3H3. The van der Waals surface area contributed by atoms with Crippen LogP contribution in [0.2, 0.25) is 0 Å². The Morgan fingerprint density at radius 2 is 2.18 bits per heavy atom. The molecule has 0 amide bonds. The molecule has 1 fully saturated rings. The maximum atomic E-state index is 11.0. The molecule has 2 aliphatic rings. The molecular weight excluding hydrogens is 216 g/mol. The van der Waals surface area contributed by atoms with Crippen LogP contribution in [-0.4, -0.2) is 18.4 Å². The van der Waals surface area contributed by atoms with Gasteiger partial charge in [-0.3, -0.25) is 0 Å². The Balaban J connectivity index is 1.94. The van der Waals surface area contributed by atoms with Gasteiger partial charge in [0.25, 0.3) is 0 Å². The van der Waals surface area contributed by atoms with Crippen molar-refractivity contribution in [3.05, 3.63) is 12.2 Å². The molecule has 0 bridgehead atoms. The topological polar surface area (TPSA) is 35.5 Å². The molecule has 0 aromatic carbocycles. The average Bonchev–Trinajstić information content (AvgIpc) is 2.66. The molecule has 3 heteroatoms. The SMILES string of the molecule is CC1CCC(OC2C=CC(=O)O2)C(C(C)C)C1. The second kappa shape index (κ2) is 5.21. The third kappa shape index (κ3) is 3.09. The van der Waals surface area contributed by atoms with E-state index in [9.17, 15) is 4.79 Å². The largest absolute Gasteiger partial charge is 0.429 e. The van der Waals surface area contributed by atoms with Gasteiger partial charge in [-0.25, -0.2) is 4.79 Å². The second-order valence-electron chi connectivity index (χ2n) is 5.67. The lowest BCUT2D eigenvalue weighted by Crippen LogP contribution is -2.36. The first-order valence-corrected chi connectivity index (χ1v) is 6.60. The molecule has 0 radical (unpaired) electrons. The van der Waals surface area contributed by atoms with Gasteiger partial charge in [0.2, 0.25) is 6.29 Å². The summed E-state index contributed by atoms with van der Waals surface area (Å²) in [5.74, 6) is 1.68. The summed E-state index contributed by atoms with van der Waals surface area (Å²) in [6.07, 6.45) is 6.42. The number of esters is 1. The first-order valence-electron chi connectivity index (χ1n) is 6.60. The Morgan fingerprint density at radius 1 is 1.41 bits per heavy atom. The summed E-state index contributed by atoms with van der Waals surface area (Å²) in [6, 6.07) is 0. The highest BCUT2D eigenvalue weighted by Gasteiger charge is 2.34. The molecule has 4 atom stereocenters. The first kappa shape index (κ1) is 12.6. The van der Waals surface area contributed by atoms with Crippen LogP contribution in [0.5, 0.6) is 0 Å². The maximum Gasteiger partial charge on any atom is 0.333 e. The van der Waals surface area contributed by atoms with E-state index in [4.69, 9.17) is 9.47 Å². The fourth-order valence-electron chi connectivity index (χ4n) is 2.86. The zero-order chi connectivity index (χ0) is 12.4. The molecule has 1 heterocycles. The van der Waals surface area contributed by atoms with Crippen molar-refractivity contribution in [1.29, 1.82) is 0 Å². The van der Waals surface area contributed by atoms with Crippen molar-refractivity contribution in [1.82, 2.24) is 0 Å². The minimum absolute atomic E-state index is 0.228. The predicted molar refractivity (Wildman–Crippen MR) is 65.2 cm³/mol. The monoisotopic (exact) mass is 238 g/mol. The number of hydrogen-bond donors (Lipinski definition) is 0. The molecule has 1 aliphatic heterocycles. The lowest BCUT2D eigenvalue weighted by molar-refractivity contribution is -0.177. The average molecular weight is 238 g/mol. The van der Waals surface area contributed by atoms with E-state index in [1.54, 1.807) is 6.08 Å². The van der Waals surface area contributed by atoms with Gasteiger partial charge in [0.15, 0.2) is 0 Å². The van der Waals surface area contributed by atoms with Crippen LogP contribution < -0.4 is 0 Å². The van der Waals surface area contributed by atoms with Gasteiger partial charge in [-0.1, -0.05) is 20.8 Å². The van der Waals surface area contributed by atoms with Crippen LogP contribution in [-0.2, 0) is 14.3 Å². The van der Waals surface area contributed by atoms with E-state index in [1.165, 1.54) is 18.9 Å². The Kier molecular flexibility index (Phi) is 3.87. The molecule has 0 aromatic rings. The van der Waals surface area contributed by atoms with E-state index in [0.717, 1.165) is 12.3 Å². The van der Waals surface area contributed by atoms with Crippen molar-refractivity contribution in [3.8, 4) is 0 Å². The van der Waals surface area contributed by atoms with E-state index in [-0.39, 0.29) is 12.1 Å². The van der Waals surface area contributed by atoms with Crippen LogP contribution in [0, 0.1) is 17.8 Å². The summed E-state index contributed by atoms with van der Waals surface area (Å²) in [5, 5.41) is 0. The highest BCUT2D eigenvalue weighted by molar-refractivity contribution is 5.84. The number of carbonyl (C=O) groups excluding carboxylic acids is 1. The van der Waals surface area contributed by atoms with Crippen LogP contribution in [0.1, 0.15) is 40.0 Å². The number of carbonyl (C=O) groups is 1. The van der Waals surface area contributed by atoms with E-state index in [2.05, 4.69) is 20.8 Å². The van der Waals surface area contributed by atoms with Gasteiger partial charge in [0.1, 0.15) is 0 Å². The quantitative estimate of drug-likeness (QED) is 0.709. The fraction of sp³-hybridized carbons (Fsp3) is 0.786. The zero-order valence-corrected chi connectivity index (χ0v) is 10.9. The van der Waals surface area contributed by atoms with E-state index in [1.807, 2.05) is 0 Å². The summed E-state index contributed by atoms with van der Waals surface area (Å²) in [7, 11) is 0. The number of cyclic esters (lactones) is 1. The van der Waals surface area contributed by atoms with Crippen molar-refractivity contribution in [3.63, 3.8) is 0 Å². The minimum Gasteiger partial charge on any atom is -0.429 e. The molecule has 1 aliphatic carbocycles. The van der Waals surface area contributed by atoms with Crippen LogP contribution in [0.25, 0.3) is 0 Å². The smallest absolute Gasteiger partial charge is 0.333 e. The summed E-state index contributed by atoms with van der Waals surface area (Å²) < 4.78 is 11.0. The number of hydrogen-bond acceptors (Lipinski definition) is 3. The van der Waals surface area contributed by atoms with Gasteiger partial charge >= 0.3 is 5.97 Å². The van der Waals surface area contributed by atoms with Crippen molar-refractivity contribution >= 4 is 5.97 Å². The maximum absolute atomic E-state index is 11.0. The summed E-state index contributed by atoms with van der Waals surface area (Å²) in [6.45, 7) is 6.80. The predicted octanol–water partition coefficient (Wildman–Crippen LogP) is 2.90. The second-order valence-corrected chi connectivity index (χ2v) is 5.67. The molecule has 0 N–H and O–H groups in total. The van der Waals surface area contributed by atoms with Crippen molar-refractivity contribution in [2.45, 2.75) is 52.4 Å². The third-order valence-corrected chi connectivity index (χ3v) is 3.88. The first-order chi connectivity index (χ1) is 8.06. The molecule has 0 saturated heterocycles. The van der Waals surface area contributed by atoms with Gasteiger partial charge in [-0.15, -0.1) is 0 Å². The Morgan fingerprint density at radius 3 is 2.76 bits per heavy atom. The molecular formula is C14H22O3. The zero-order valence-electron chi connectivity index (χ0n) is 10.9. The fourth-order valence-corrected chi connectivity index (χ4v) is 2.86. The molecule has 0 aromatic heterocycles. The van der Waals surface area contributed by atoms with Gasteiger partial charge in [-0.05, 0) is 43.1 Å². The van der Waals surface area contributed by atoms with Crippen molar-refractivity contribution in [2.75, 3.05) is 0 Å². The minimum atomic E-state index is -0.456. The van der Waals surface area contributed by atoms with Crippen molar-refractivity contribution in [2.24, 2.45) is 17.8 Å². The Labute approximate surface area is 103 Å². The van der Waals surface area contributed by atoms with Crippen LogP contribution in [0.4, 0.5) is 0 Å². The molecule has 2 rings (SSSR count). The normalized spacial score (nSPS) is 37.5. The molecule has 96 valence electrons. The van der Waals surface area contributed by atoms with Gasteiger partial charge in [0.05, 0.1) is 6.10 Å². The lowest BCUT2D eigenvalue weighted by Gasteiger charge is -2.37. The number of ether oxygens (including phenoxy) is 2. The highest BCUT2D eigenvalue weighted by atomic mass is 16.7. The van der Waals surface area contributed by atoms with Crippen LogP contribution in [0.15, 0.2) is 12.2 Å². The number of rotatable bonds is 3. The van der Waals surface area contributed by atoms with Gasteiger partial charge in [0, 0.05) is 6.08 Å². The molecule has 3 nitrogen and oxygen atoms in total. The van der Waals surface area contributed by atoms with Gasteiger partial charge in [-0.2, -0.15) is 0 Å². The third-order valence-electron chi connectivity index (χ3n) is 3.88. The molecule has 17 heavy (non-hydrogen) atoms. The lowest BCUT2D eigenvalue weighted by atomic mass is 9.75. The van der Waals surface area contributed by atoms with Crippen LogP contribution in [0.3, 0.4) is 0 Å². The van der Waals surface area contributed by atoms with E-state index < -0.39 is 6.29 Å². The van der Waals surface area contributed by atoms with Crippen LogP contribution >= 0.6 is 0 Å².